The van der Waals surface area contributed by atoms with Gasteiger partial charge in [0.15, 0.2) is 0 Å². The number of rotatable bonds is 5. The van der Waals surface area contributed by atoms with Gasteiger partial charge >= 0.3 is 0 Å². The number of fused-ring (bicyclic) bond motifs is 1. The highest BCUT2D eigenvalue weighted by Gasteiger charge is 2.37. The van der Waals surface area contributed by atoms with Crippen LogP contribution in [-0.2, 0) is 0 Å². The van der Waals surface area contributed by atoms with Gasteiger partial charge in [0.2, 0.25) is 0 Å². The molecule has 1 fully saturated rings. The summed E-state index contributed by atoms with van der Waals surface area (Å²) in [4.78, 5) is 41.7. The number of nitrogens with zero attached hydrogens (tertiary/aromatic N) is 2. The van der Waals surface area contributed by atoms with E-state index >= 15 is 0 Å². The summed E-state index contributed by atoms with van der Waals surface area (Å²) in [6.45, 7) is 5.47. The summed E-state index contributed by atoms with van der Waals surface area (Å²) in [5.74, 6) is -0.967. The molecule has 0 unspecified atom stereocenters. The van der Waals surface area contributed by atoms with Gasteiger partial charge in [-0.3, -0.25) is 14.4 Å². The molecule has 1 saturated heterocycles. The van der Waals surface area contributed by atoms with Crippen molar-refractivity contribution in [2.45, 2.75) is 26.2 Å². The Morgan fingerprint density at radius 3 is 2.48 bits per heavy atom. The number of nitrogens with one attached hydrogen (secondary N) is 1. The number of aryl methyl sites for hydroxylation is 1. The normalized spacial score (nSPS) is 16.8. The molecule has 2 aromatic rings. The van der Waals surface area contributed by atoms with E-state index < -0.39 is 5.91 Å². The number of carbonyl (C=O) groups excluding carboxylic acids is 3. The maximum absolute atomic E-state index is 12.9. The number of imide groups is 1. The molecule has 2 aromatic carbocycles. The number of likely N-dealkylation sites (tertiary alicyclic amines) is 1. The Morgan fingerprint density at radius 2 is 1.72 bits per heavy atom. The Labute approximate surface area is 170 Å². The third-order valence-electron chi connectivity index (χ3n) is 5.57. The SMILES string of the molecule is Cc1cccc(N2C(=O)c3ccc(C(=O)NCCN4CCCCC4)cc3C2=O)c1. The number of amides is 3. The predicted molar refractivity (Wildman–Crippen MR) is 111 cm³/mol. The molecule has 6 heteroatoms. The van der Waals surface area contributed by atoms with Crippen LogP contribution in [0.4, 0.5) is 5.69 Å². The lowest BCUT2D eigenvalue weighted by atomic mass is 10.1. The molecule has 1 N–H and O–H groups in total. The number of hydrogen-bond donors (Lipinski definition) is 1. The monoisotopic (exact) mass is 391 g/mol. The van der Waals surface area contributed by atoms with Crippen LogP contribution in [0.15, 0.2) is 42.5 Å². The largest absolute Gasteiger partial charge is 0.351 e. The molecule has 0 saturated carbocycles. The lowest BCUT2D eigenvalue weighted by Gasteiger charge is -2.26. The number of carbonyl (C=O) groups is 3. The minimum absolute atomic E-state index is 0.223. The molecule has 2 heterocycles. The first-order chi connectivity index (χ1) is 14.0. The van der Waals surface area contributed by atoms with Crippen LogP contribution in [0.2, 0.25) is 0 Å². The molecule has 29 heavy (non-hydrogen) atoms. The van der Waals surface area contributed by atoms with Gasteiger partial charge in [0.25, 0.3) is 17.7 Å². The lowest BCUT2D eigenvalue weighted by Crippen LogP contribution is -2.37. The van der Waals surface area contributed by atoms with E-state index in [4.69, 9.17) is 0 Å². The molecule has 150 valence electrons. The van der Waals surface area contributed by atoms with E-state index in [1.807, 2.05) is 19.1 Å². The molecule has 6 nitrogen and oxygen atoms in total. The van der Waals surface area contributed by atoms with Crippen molar-refractivity contribution in [3.63, 3.8) is 0 Å². The summed E-state index contributed by atoms with van der Waals surface area (Å²) < 4.78 is 0. The molecular formula is C23H25N3O3. The highest BCUT2D eigenvalue weighted by molar-refractivity contribution is 6.34. The van der Waals surface area contributed by atoms with Crippen LogP contribution in [0.1, 0.15) is 55.9 Å². The number of benzene rings is 2. The zero-order valence-corrected chi connectivity index (χ0v) is 16.6. The molecule has 0 aliphatic carbocycles. The number of piperidine rings is 1. The second kappa shape index (κ2) is 8.17. The summed E-state index contributed by atoms with van der Waals surface area (Å²) in [6.07, 6.45) is 3.71. The van der Waals surface area contributed by atoms with Crippen molar-refractivity contribution in [1.82, 2.24) is 10.2 Å². The fourth-order valence-corrected chi connectivity index (χ4v) is 4.00. The van der Waals surface area contributed by atoms with E-state index in [-0.39, 0.29) is 17.4 Å². The maximum Gasteiger partial charge on any atom is 0.266 e. The second-order valence-corrected chi connectivity index (χ2v) is 7.70. The Bertz CT molecular complexity index is 964. The fourth-order valence-electron chi connectivity index (χ4n) is 4.00. The fraction of sp³-hybridized carbons (Fsp3) is 0.348. The smallest absolute Gasteiger partial charge is 0.266 e. The molecule has 0 bridgehead atoms. The van der Waals surface area contributed by atoms with E-state index in [0.29, 0.717) is 23.4 Å². The van der Waals surface area contributed by atoms with E-state index in [9.17, 15) is 14.4 Å². The van der Waals surface area contributed by atoms with Gasteiger partial charge in [0, 0.05) is 18.7 Å². The van der Waals surface area contributed by atoms with Crippen molar-refractivity contribution in [2.75, 3.05) is 31.1 Å². The van der Waals surface area contributed by atoms with Crippen molar-refractivity contribution in [1.29, 1.82) is 0 Å². The first-order valence-electron chi connectivity index (χ1n) is 10.1. The van der Waals surface area contributed by atoms with E-state index in [2.05, 4.69) is 10.2 Å². The Morgan fingerprint density at radius 1 is 0.966 bits per heavy atom. The summed E-state index contributed by atoms with van der Waals surface area (Å²) in [6, 6.07) is 12.0. The molecule has 2 aliphatic heterocycles. The zero-order chi connectivity index (χ0) is 20.4. The second-order valence-electron chi connectivity index (χ2n) is 7.70. The van der Waals surface area contributed by atoms with Crippen LogP contribution in [-0.4, -0.2) is 48.8 Å². The van der Waals surface area contributed by atoms with Crippen molar-refractivity contribution >= 4 is 23.4 Å². The molecule has 2 aliphatic rings. The van der Waals surface area contributed by atoms with Gasteiger partial charge in [-0.05, 0) is 68.8 Å². The summed E-state index contributed by atoms with van der Waals surface area (Å²) >= 11 is 0. The van der Waals surface area contributed by atoms with Crippen LogP contribution in [0.25, 0.3) is 0 Å². The number of anilines is 1. The van der Waals surface area contributed by atoms with Gasteiger partial charge in [-0.1, -0.05) is 18.6 Å². The van der Waals surface area contributed by atoms with Crippen LogP contribution in [0, 0.1) is 6.92 Å². The highest BCUT2D eigenvalue weighted by Crippen LogP contribution is 2.29. The molecule has 0 radical (unpaired) electrons. The highest BCUT2D eigenvalue weighted by atomic mass is 16.2. The van der Waals surface area contributed by atoms with Gasteiger partial charge in [0.05, 0.1) is 16.8 Å². The van der Waals surface area contributed by atoms with Crippen molar-refractivity contribution in [2.24, 2.45) is 0 Å². The van der Waals surface area contributed by atoms with Crippen molar-refractivity contribution in [3.8, 4) is 0 Å². The van der Waals surface area contributed by atoms with Crippen molar-refractivity contribution in [3.05, 3.63) is 64.7 Å². The summed E-state index contributed by atoms with van der Waals surface area (Å²) in [5.41, 5.74) is 2.52. The molecule has 0 atom stereocenters. The average Bonchev–Trinajstić information content (AvgIpc) is 2.98. The molecular weight excluding hydrogens is 366 g/mol. The van der Waals surface area contributed by atoms with E-state index in [0.717, 1.165) is 25.2 Å². The summed E-state index contributed by atoms with van der Waals surface area (Å²) in [5, 5.41) is 2.92. The quantitative estimate of drug-likeness (QED) is 0.796. The number of hydrogen-bond acceptors (Lipinski definition) is 4. The Hall–Kier alpha value is -2.99. The maximum atomic E-state index is 12.9. The van der Waals surface area contributed by atoms with E-state index in [1.165, 1.54) is 30.2 Å². The molecule has 4 rings (SSSR count). The zero-order valence-electron chi connectivity index (χ0n) is 16.6. The molecule has 0 spiro atoms. The third kappa shape index (κ3) is 3.93. The minimum Gasteiger partial charge on any atom is -0.351 e. The molecule has 3 amide bonds. The van der Waals surface area contributed by atoms with Crippen LogP contribution < -0.4 is 10.2 Å². The Kier molecular flexibility index (Phi) is 5.45. The lowest BCUT2D eigenvalue weighted by molar-refractivity contribution is 0.0923. The Balaban J connectivity index is 1.46. The predicted octanol–water partition coefficient (Wildman–Crippen LogP) is 3.01. The topological polar surface area (TPSA) is 69.7 Å². The van der Waals surface area contributed by atoms with Gasteiger partial charge in [-0.2, -0.15) is 0 Å². The van der Waals surface area contributed by atoms with Gasteiger partial charge in [-0.15, -0.1) is 0 Å². The van der Waals surface area contributed by atoms with Crippen LogP contribution in [0.3, 0.4) is 0 Å². The first-order valence-corrected chi connectivity index (χ1v) is 10.1. The first kappa shape index (κ1) is 19.3. The average molecular weight is 391 g/mol. The minimum atomic E-state index is -0.390. The van der Waals surface area contributed by atoms with Crippen LogP contribution >= 0.6 is 0 Å². The molecule has 0 aromatic heterocycles. The van der Waals surface area contributed by atoms with Gasteiger partial charge in [-0.25, -0.2) is 4.90 Å². The standard InChI is InChI=1S/C23H25N3O3/c1-16-6-5-7-18(14-16)26-22(28)19-9-8-17(15-20(19)23(26)29)21(27)24-10-13-25-11-3-2-4-12-25/h5-9,14-15H,2-4,10-13H2,1H3,(H,24,27). The van der Waals surface area contributed by atoms with E-state index in [1.54, 1.807) is 24.3 Å². The van der Waals surface area contributed by atoms with Gasteiger partial charge in [0.1, 0.15) is 0 Å². The van der Waals surface area contributed by atoms with Crippen LogP contribution in [0.5, 0.6) is 0 Å². The van der Waals surface area contributed by atoms with Gasteiger partial charge < -0.3 is 10.2 Å². The van der Waals surface area contributed by atoms with Crippen molar-refractivity contribution < 1.29 is 14.4 Å². The third-order valence-corrected chi connectivity index (χ3v) is 5.57. The summed E-state index contributed by atoms with van der Waals surface area (Å²) in [7, 11) is 0.